The quantitative estimate of drug-likeness (QED) is 0.806. The molecule has 18 heavy (non-hydrogen) atoms. The van der Waals surface area contributed by atoms with Crippen molar-refractivity contribution in [3.63, 3.8) is 0 Å². The highest BCUT2D eigenvalue weighted by Crippen LogP contribution is 2.10. The summed E-state index contributed by atoms with van der Waals surface area (Å²) in [5.74, 6) is 0.656. The molecular formula is C15H23NO2. The number of hydrogen-bond donors (Lipinski definition) is 1. The molecule has 0 saturated heterocycles. The van der Waals surface area contributed by atoms with E-state index in [2.05, 4.69) is 13.8 Å². The van der Waals surface area contributed by atoms with Crippen LogP contribution < -0.4 is 0 Å². The second kappa shape index (κ2) is 7.88. The van der Waals surface area contributed by atoms with E-state index >= 15 is 0 Å². The molecule has 1 aromatic rings. The molecule has 1 rings (SSSR count). The van der Waals surface area contributed by atoms with Gasteiger partial charge < -0.3 is 10.0 Å². The van der Waals surface area contributed by atoms with Crippen LogP contribution in [0.2, 0.25) is 0 Å². The molecule has 0 spiro atoms. The lowest BCUT2D eigenvalue weighted by Crippen LogP contribution is -2.33. The van der Waals surface area contributed by atoms with Gasteiger partial charge in [0.05, 0.1) is 6.61 Å². The number of carbonyl (C=O) groups is 1. The first-order valence-electron chi connectivity index (χ1n) is 6.56. The largest absolute Gasteiger partial charge is 0.395 e. The molecule has 0 aliphatic rings. The average molecular weight is 249 g/mol. The number of nitrogens with zero attached hydrogens (tertiary/aromatic N) is 1. The van der Waals surface area contributed by atoms with E-state index in [4.69, 9.17) is 5.11 Å². The van der Waals surface area contributed by atoms with E-state index in [9.17, 15) is 4.79 Å². The predicted molar refractivity (Wildman–Crippen MR) is 73.0 cm³/mol. The second-order valence-corrected chi connectivity index (χ2v) is 4.96. The first kappa shape index (κ1) is 14.7. The molecule has 0 unspecified atom stereocenters. The van der Waals surface area contributed by atoms with Crippen molar-refractivity contribution in [2.24, 2.45) is 5.92 Å². The Morgan fingerprint density at radius 2 is 1.94 bits per heavy atom. The molecular weight excluding hydrogens is 226 g/mol. The summed E-state index contributed by atoms with van der Waals surface area (Å²) in [4.78, 5) is 13.8. The van der Waals surface area contributed by atoms with Crippen LogP contribution in [0.1, 0.15) is 32.3 Å². The van der Waals surface area contributed by atoms with Gasteiger partial charge in [-0.25, -0.2) is 0 Å². The number of aliphatic hydroxyl groups excluding tert-OH is 1. The minimum absolute atomic E-state index is 0.0141. The highest BCUT2D eigenvalue weighted by Gasteiger charge is 2.13. The van der Waals surface area contributed by atoms with Gasteiger partial charge in [0.25, 0.3) is 0 Å². The summed E-state index contributed by atoms with van der Waals surface area (Å²) in [6, 6.07) is 9.89. The molecule has 1 N–H and O–H groups in total. The summed E-state index contributed by atoms with van der Waals surface area (Å²) in [5.41, 5.74) is 1.10. The van der Waals surface area contributed by atoms with Gasteiger partial charge in [0.15, 0.2) is 0 Å². The SMILES string of the molecule is CC(C)CCC(=O)N(CCO)Cc1ccccc1. The highest BCUT2D eigenvalue weighted by atomic mass is 16.3. The summed E-state index contributed by atoms with van der Waals surface area (Å²) in [7, 11) is 0. The fourth-order valence-corrected chi connectivity index (χ4v) is 1.79. The first-order valence-corrected chi connectivity index (χ1v) is 6.56. The third kappa shape index (κ3) is 5.32. The molecule has 0 aliphatic carbocycles. The van der Waals surface area contributed by atoms with Crippen LogP contribution in [-0.4, -0.2) is 29.1 Å². The van der Waals surface area contributed by atoms with Crippen molar-refractivity contribution in [3.8, 4) is 0 Å². The fraction of sp³-hybridized carbons (Fsp3) is 0.533. The molecule has 100 valence electrons. The molecule has 0 saturated carbocycles. The van der Waals surface area contributed by atoms with Crippen molar-refractivity contribution < 1.29 is 9.90 Å². The van der Waals surface area contributed by atoms with Crippen LogP contribution in [0.3, 0.4) is 0 Å². The van der Waals surface area contributed by atoms with Crippen molar-refractivity contribution >= 4 is 5.91 Å². The van der Waals surface area contributed by atoms with Gasteiger partial charge in [0.1, 0.15) is 0 Å². The van der Waals surface area contributed by atoms with Crippen molar-refractivity contribution in [3.05, 3.63) is 35.9 Å². The van der Waals surface area contributed by atoms with Gasteiger partial charge in [-0.2, -0.15) is 0 Å². The maximum absolute atomic E-state index is 12.1. The van der Waals surface area contributed by atoms with Gasteiger partial charge in [-0.15, -0.1) is 0 Å². The van der Waals surface area contributed by atoms with Crippen LogP contribution in [0.25, 0.3) is 0 Å². The fourth-order valence-electron chi connectivity index (χ4n) is 1.79. The molecule has 0 bridgehead atoms. The summed E-state index contributed by atoms with van der Waals surface area (Å²) < 4.78 is 0. The topological polar surface area (TPSA) is 40.5 Å². The van der Waals surface area contributed by atoms with E-state index < -0.39 is 0 Å². The summed E-state index contributed by atoms with van der Waals surface area (Å²) in [5, 5.41) is 9.05. The third-order valence-electron chi connectivity index (χ3n) is 2.87. The number of aliphatic hydroxyl groups is 1. The Hall–Kier alpha value is -1.35. The lowest BCUT2D eigenvalue weighted by atomic mass is 10.1. The van der Waals surface area contributed by atoms with Crippen molar-refractivity contribution in [1.82, 2.24) is 4.90 Å². The summed E-state index contributed by atoms with van der Waals surface area (Å²) >= 11 is 0. The molecule has 0 radical (unpaired) electrons. The van der Waals surface area contributed by atoms with Crippen LogP contribution in [-0.2, 0) is 11.3 Å². The number of rotatable bonds is 7. The van der Waals surface area contributed by atoms with Crippen LogP contribution in [0.4, 0.5) is 0 Å². The highest BCUT2D eigenvalue weighted by molar-refractivity contribution is 5.76. The van der Waals surface area contributed by atoms with E-state index in [0.717, 1.165) is 12.0 Å². The lowest BCUT2D eigenvalue weighted by molar-refractivity contribution is -0.132. The maximum atomic E-state index is 12.1. The molecule has 0 atom stereocenters. The Morgan fingerprint density at radius 3 is 2.50 bits per heavy atom. The van der Waals surface area contributed by atoms with Gasteiger partial charge in [0.2, 0.25) is 5.91 Å². The Bertz CT molecular complexity index is 349. The average Bonchev–Trinajstić information content (AvgIpc) is 2.36. The van der Waals surface area contributed by atoms with Crippen LogP contribution in [0, 0.1) is 5.92 Å². The molecule has 0 fully saturated rings. The van der Waals surface area contributed by atoms with E-state index in [-0.39, 0.29) is 12.5 Å². The Labute approximate surface area is 109 Å². The molecule has 0 heterocycles. The lowest BCUT2D eigenvalue weighted by Gasteiger charge is -2.22. The first-order chi connectivity index (χ1) is 8.63. The van der Waals surface area contributed by atoms with Crippen molar-refractivity contribution in [2.75, 3.05) is 13.2 Å². The van der Waals surface area contributed by atoms with Crippen molar-refractivity contribution in [2.45, 2.75) is 33.2 Å². The Kier molecular flexibility index (Phi) is 6.44. The summed E-state index contributed by atoms with van der Waals surface area (Å²) in [6.45, 7) is 5.23. The second-order valence-electron chi connectivity index (χ2n) is 4.96. The minimum atomic E-state index is 0.0141. The zero-order valence-electron chi connectivity index (χ0n) is 11.3. The normalized spacial score (nSPS) is 10.7. The van der Waals surface area contributed by atoms with Gasteiger partial charge in [0, 0.05) is 19.5 Å². The van der Waals surface area contributed by atoms with Crippen LogP contribution >= 0.6 is 0 Å². The smallest absolute Gasteiger partial charge is 0.222 e. The zero-order valence-corrected chi connectivity index (χ0v) is 11.3. The number of carbonyl (C=O) groups excluding carboxylic acids is 1. The minimum Gasteiger partial charge on any atom is -0.395 e. The predicted octanol–water partition coefficient (Wildman–Crippen LogP) is 2.44. The van der Waals surface area contributed by atoms with E-state index in [1.54, 1.807) is 4.90 Å². The van der Waals surface area contributed by atoms with Crippen LogP contribution in [0.5, 0.6) is 0 Å². The third-order valence-corrected chi connectivity index (χ3v) is 2.87. The molecule has 0 aromatic heterocycles. The maximum Gasteiger partial charge on any atom is 0.222 e. The van der Waals surface area contributed by atoms with Gasteiger partial charge in [-0.05, 0) is 17.9 Å². The molecule has 1 amide bonds. The van der Waals surface area contributed by atoms with Crippen molar-refractivity contribution in [1.29, 1.82) is 0 Å². The monoisotopic (exact) mass is 249 g/mol. The molecule has 1 aromatic carbocycles. The molecule has 3 nitrogen and oxygen atoms in total. The molecule has 3 heteroatoms. The Morgan fingerprint density at radius 1 is 1.28 bits per heavy atom. The summed E-state index contributed by atoms with van der Waals surface area (Å²) in [6.07, 6.45) is 1.46. The molecule has 0 aliphatic heterocycles. The van der Waals surface area contributed by atoms with E-state index in [1.165, 1.54) is 0 Å². The van der Waals surface area contributed by atoms with E-state index in [1.807, 2.05) is 30.3 Å². The number of benzene rings is 1. The number of hydrogen-bond acceptors (Lipinski definition) is 2. The van der Waals surface area contributed by atoms with Crippen LogP contribution in [0.15, 0.2) is 30.3 Å². The van der Waals surface area contributed by atoms with Gasteiger partial charge >= 0.3 is 0 Å². The zero-order chi connectivity index (χ0) is 13.4. The Balaban J connectivity index is 2.56. The van der Waals surface area contributed by atoms with Gasteiger partial charge in [-0.1, -0.05) is 44.2 Å². The standard InChI is InChI=1S/C15H23NO2/c1-13(2)8-9-15(18)16(10-11-17)12-14-6-4-3-5-7-14/h3-7,13,17H,8-12H2,1-2H3. The number of amides is 1. The van der Waals surface area contributed by atoms with E-state index in [0.29, 0.717) is 25.4 Å². The van der Waals surface area contributed by atoms with Gasteiger partial charge in [-0.3, -0.25) is 4.79 Å².